The highest BCUT2D eigenvalue weighted by Crippen LogP contribution is 2.19. The summed E-state index contributed by atoms with van der Waals surface area (Å²) in [7, 11) is 0. The van der Waals surface area contributed by atoms with Crippen molar-refractivity contribution in [1.29, 1.82) is 0 Å². The number of halogens is 2. The van der Waals surface area contributed by atoms with Gasteiger partial charge in [-0.15, -0.1) is 0 Å². The second kappa shape index (κ2) is 3.36. The van der Waals surface area contributed by atoms with E-state index in [1.165, 1.54) is 0 Å². The van der Waals surface area contributed by atoms with Crippen LogP contribution in [-0.4, -0.2) is 15.2 Å². The van der Waals surface area contributed by atoms with E-state index in [4.69, 9.17) is 23.2 Å². The first-order valence-electron chi connectivity index (χ1n) is 3.59. The van der Waals surface area contributed by atoms with Gasteiger partial charge in [0.1, 0.15) is 0 Å². The molecule has 3 nitrogen and oxygen atoms in total. The molecule has 0 saturated carbocycles. The van der Waals surface area contributed by atoms with Crippen LogP contribution in [0.15, 0.2) is 24.3 Å². The van der Waals surface area contributed by atoms with Gasteiger partial charge in [-0.3, -0.25) is 0 Å². The maximum absolute atomic E-state index is 5.80. The average Bonchev–Trinajstić information content (AvgIpc) is 2.52. The summed E-state index contributed by atoms with van der Waals surface area (Å²) in [5.41, 5.74) is 0.843. The molecule has 2 rings (SSSR count). The lowest BCUT2D eigenvalue weighted by Gasteiger charge is -1.94. The second-order valence-electron chi connectivity index (χ2n) is 2.46. The van der Waals surface area contributed by atoms with E-state index in [-0.39, 0.29) is 5.28 Å². The van der Waals surface area contributed by atoms with Crippen LogP contribution in [0.1, 0.15) is 0 Å². The predicted molar refractivity (Wildman–Crippen MR) is 51.8 cm³/mol. The average molecular weight is 214 g/mol. The van der Waals surface area contributed by atoms with E-state index >= 15 is 0 Å². The fourth-order valence-corrected chi connectivity index (χ4v) is 1.31. The Kier molecular flexibility index (Phi) is 2.20. The molecular formula is C8H5Cl2N3. The fourth-order valence-electron chi connectivity index (χ4n) is 0.999. The van der Waals surface area contributed by atoms with E-state index in [9.17, 15) is 0 Å². The van der Waals surface area contributed by atoms with Crippen LogP contribution in [-0.2, 0) is 0 Å². The smallest absolute Gasteiger partial charge is 0.218 e. The first-order valence-corrected chi connectivity index (χ1v) is 4.35. The summed E-state index contributed by atoms with van der Waals surface area (Å²) < 4.78 is 0. The molecular weight excluding hydrogens is 209 g/mol. The van der Waals surface area contributed by atoms with E-state index in [0.717, 1.165) is 5.56 Å². The maximum atomic E-state index is 5.80. The van der Waals surface area contributed by atoms with Crippen LogP contribution < -0.4 is 0 Å². The Morgan fingerprint density at radius 1 is 1.23 bits per heavy atom. The van der Waals surface area contributed by atoms with Crippen LogP contribution in [0.2, 0.25) is 10.3 Å². The minimum absolute atomic E-state index is 0.273. The van der Waals surface area contributed by atoms with E-state index in [2.05, 4.69) is 15.2 Å². The number of aromatic amines is 1. The second-order valence-corrected chi connectivity index (χ2v) is 3.25. The van der Waals surface area contributed by atoms with Crippen LogP contribution in [0.25, 0.3) is 11.4 Å². The van der Waals surface area contributed by atoms with Crippen molar-refractivity contribution in [3.63, 3.8) is 0 Å². The van der Waals surface area contributed by atoms with E-state index in [1.54, 1.807) is 12.1 Å². The third-order valence-electron chi connectivity index (χ3n) is 1.54. The third-order valence-corrected chi connectivity index (χ3v) is 1.95. The summed E-state index contributed by atoms with van der Waals surface area (Å²) in [6, 6.07) is 7.27. The first-order chi connectivity index (χ1) is 6.25. The molecule has 0 unspecified atom stereocenters. The Morgan fingerprint density at radius 3 is 2.69 bits per heavy atom. The van der Waals surface area contributed by atoms with Crippen molar-refractivity contribution in [2.24, 2.45) is 0 Å². The summed E-state index contributed by atoms with van der Waals surface area (Å²) in [5.74, 6) is 0.549. The van der Waals surface area contributed by atoms with Gasteiger partial charge in [-0.25, -0.2) is 5.10 Å². The molecule has 0 saturated heterocycles. The monoisotopic (exact) mass is 213 g/mol. The molecule has 1 N–H and O–H groups in total. The number of benzene rings is 1. The molecule has 0 amide bonds. The van der Waals surface area contributed by atoms with Gasteiger partial charge in [-0.1, -0.05) is 23.7 Å². The van der Waals surface area contributed by atoms with Crippen molar-refractivity contribution in [2.75, 3.05) is 0 Å². The van der Waals surface area contributed by atoms with Gasteiger partial charge in [0.15, 0.2) is 5.82 Å². The zero-order chi connectivity index (χ0) is 9.26. The Labute approximate surface area is 84.7 Å². The predicted octanol–water partition coefficient (Wildman–Crippen LogP) is 2.78. The zero-order valence-electron chi connectivity index (χ0n) is 6.46. The number of nitrogens with one attached hydrogen (secondary N) is 1. The van der Waals surface area contributed by atoms with Gasteiger partial charge >= 0.3 is 0 Å². The molecule has 1 heterocycles. The molecule has 0 bridgehead atoms. The number of hydrogen-bond donors (Lipinski definition) is 1. The van der Waals surface area contributed by atoms with Gasteiger partial charge in [0.25, 0.3) is 0 Å². The van der Waals surface area contributed by atoms with Gasteiger partial charge in [0, 0.05) is 10.6 Å². The van der Waals surface area contributed by atoms with Crippen LogP contribution in [0.5, 0.6) is 0 Å². The Hall–Kier alpha value is -1.06. The molecule has 0 aliphatic carbocycles. The molecule has 0 aliphatic heterocycles. The van der Waals surface area contributed by atoms with Gasteiger partial charge in [0.05, 0.1) is 0 Å². The standard InChI is InChI=1S/C8H5Cl2N3/c9-6-3-1-2-5(4-6)7-11-8(10)13-12-7/h1-4H,(H,11,12,13). The quantitative estimate of drug-likeness (QED) is 0.792. The van der Waals surface area contributed by atoms with Crippen LogP contribution >= 0.6 is 23.2 Å². The number of hydrogen-bond acceptors (Lipinski definition) is 2. The molecule has 1 aromatic carbocycles. The number of H-pyrrole nitrogens is 1. The highest BCUT2D eigenvalue weighted by Gasteiger charge is 2.03. The van der Waals surface area contributed by atoms with Crippen molar-refractivity contribution in [1.82, 2.24) is 15.2 Å². The highest BCUT2D eigenvalue weighted by atomic mass is 35.5. The number of nitrogens with zero attached hydrogens (tertiary/aromatic N) is 2. The normalized spacial score (nSPS) is 10.3. The van der Waals surface area contributed by atoms with Crippen molar-refractivity contribution >= 4 is 23.2 Å². The summed E-state index contributed by atoms with van der Waals surface area (Å²) >= 11 is 11.4. The van der Waals surface area contributed by atoms with Crippen LogP contribution in [0.3, 0.4) is 0 Å². The van der Waals surface area contributed by atoms with Crippen molar-refractivity contribution in [3.8, 4) is 11.4 Å². The van der Waals surface area contributed by atoms with Gasteiger partial charge in [0.2, 0.25) is 5.28 Å². The minimum atomic E-state index is 0.273. The van der Waals surface area contributed by atoms with E-state index in [1.807, 2.05) is 12.1 Å². The topological polar surface area (TPSA) is 41.6 Å². The van der Waals surface area contributed by atoms with Crippen molar-refractivity contribution in [2.45, 2.75) is 0 Å². The number of aromatic nitrogens is 3. The number of rotatable bonds is 1. The molecule has 0 fully saturated rings. The lowest BCUT2D eigenvalue weighted by atomic mass is 10.2. The largest absolute Gasteiger partial charge is 0.249 e. The molecule has 13 heavy (non-hydrogen) atoms. The fraction of sp³-hybridized carbons (Fsp3) is 0. The minimum Gasteiger partial charge on any atom is -0.249 e. The molecule has 1 aromatic heterocycles. The molecule has 0 atom stereocenters. The SMILES string of the molecule is Clc1cccc(-c2n[nH]c(Cl)n2)c1. The Morgan fingerprint density at radius 2 is 2.08 bits per heavy atom. The zero-order valence-corrected chi connectivity index (χ0v) is 7.97. The van der Waals surface area contributed by atoms with Crippen molar-refractivity contribution in [3.05, 3.63) is 34.6 Å². The molecule has 5 heteroatoms. The van der Waals surface area contributed by atoms with Crippen LogP contribution in [0.4, 0.5) is 0 Å². The van der Waals surface area contributed by atoms with Gasteiger partial charge in [-0.2, -0.15) is 10.1 Å². The summed E-state index contributed by atoms with van der Waals surface area (Å²) in [6.45, 7) is 0. The molecule has 0 aliphatic rings. The summed E-state index contributed by atoms with van der Waals surface area (Å²) in [5, 5.41) is 7.37. The van der Waals surface area contributed by atoms with Gasteiger partial charge < -0.3 is 0 Å². The van der Waals surface area contributed by atoms with Crippen LogP contribution in [0, 0.1) is 0 Å². The first kappa shape index (κ1) is 8.53. The maximum Gasteiger partial charge on any atom is 0.218 e. The summed E-state index contributed by atoms with van der Waals surface area (Å²) in [4.78, 5) is 3.96. The summed E-state index contributed by atoms with van der Waals surface area (Å²) in [6.07, 6.45) is 0. The Bertz CT molecular complexity index is 425. The molecule has 0 radical (unpaired) electrons. The lowest BCUT2D eigenvalue weighted by molar-refractivity contribution is 1.10. The highest BCUT2D eigenvalue weighted by molar-refractivity contribution is 6.30. The van der Waals surface area contributed by atoms with Gasteiger partial charge in [-0.05, 0) is 23.7 Å². The lowest BCUT2D eigenvalue weighted by Crippen LogP contribution is -1.79. The molecule has 66 valence electrons. The van der Waals surface area contributed by atoms with Crippen molar-refractivity contribution < 1.29 is 0 Å². The Balaban J connectivity index is 2.46. The third kappa shape index (κ3) is 1.82. The van der Waals surface area contributed by atoms with E-state index in [0.29, 0.717) is 10.8 Å². The molecule has 2 aromatic rings. The molecule has 0 spiro atoms. The van der Waals surface area contributed by atoms with E-state index < -0.39 is 0 Å².